The molecule has 76 heavy (non-hydrogen) atoms. The van der Waals surface area contributed by atoms with Crippen LogP contribution in [0.2, 0.25) is 0 Å². The third-order valence-electron chi connectivity index (χ3n) is 12.9. The molecular weight excluding hydrogens is 937 g/mol. The van der Waals surface area contributed by atoms with Gasteiger partial charge in [0.2, 0.25) is 0 Å². The highest BCUT2D eigenvalue weighted by molar-refractivity contribution is 5.71. The summed E-state index contributed by atoms with van der Waals surface area (Å²) in [5.74, 6) is -0.925. The highest BCUT2D eigenvalue weighted by atomic mass is 16.6. The van der Waals surface area contributed by atoms with Crippen molar-refractivity contribution in [3.05, 3.63) is 134 Å². The van der Waals surface area contributed by atoms with E-state index in [4.69, 9.17) is 14.2 Å². The van der Waals surface area contributed by atoms with Crippen LogP contribution in [0, 0.1) is 0 Å². The van der Waals surface area contributed by atoms with Gasteiger partial charge >= 0.3 is 17.9 Å². The van der Waals surface area contributed by atoms with E-state index in [9.17, 15) is 14.4 Å². The van der Waals surface area contributed by atoms with E-state index in [0.717, 1.165) is 154 Å². The van der Waals surface area contributed by atoms with Crippen LogP contribution in [0.1, 0.15) is 271 Å². The summed E-state index contributed by atoms with van der Waals surface area (Å²) in [5.41, 5.74) is 0. The zero-order valence-electron chi connectivity index (χ0n) is 49.2. The Balaban J connectivity index is 4.37. The fourth-order valence-corrected chi connectivity index (χ4v) is 8.25. The summed E-state index contributed by atoms with van der Waals surface area (Å²) in [6.07, 6.45) is 88.8. The molecule has 0 N–H and O–H groups in total. The number of unbranched alkanes of at least 4 members (excludes halogenated alkanes) is 22. The molecule has 1 atom stereocenters. The molecule has 0 rings (SSSR count). The van der Waals surface area contributed by atoms with E-state index >= 15 is 0 Å². The number of rotatable bonds is 55. The highest BCUT2D eigenvalue weighted by Gasteiger charge is 2.19. The monoisotopic (exact) mass is 1050 g/mol. The van der Waals surface area contributed by atoms with Crippen LogP contribution in [0.25, 0.3) is 0 Å². The summed E-state index contributed by atoms with van der Waals surface area (Å²) >= 11 is 0. The van der Waals surface area contributed by atoms with Crippen molar-refractivity contribution in [2.45, 2.75) is 277 Å². The minimum atomic E-state index is -0.798. The van der Waals surface area contributed by atoms with Crippen LogP contribution in [0.4, 0.5) is 0 Å². The summed E-state index contributed by atoms with van der Waals surface area (Å²) in [7, 11) is 0. The van der Waals surface area contributed by atoms with E-state index in [1.807, 2.05) is 0 Å². The zero-order chi connectivity index (χ0) is 55.0. The molecule has 0 spiro atoms. The van der Waals surface area contributed by atoms with Gasteiger partial charge < -0.3 is 14.2 Å². The van der Waals surface area contributed by atoms with E-state index in [0.29, 0.717) is 19.3 Å². The fourth-order valence-electron chi connectivity index (χ4n) is 8.25. The van der Waals surface area contributed by atoms with E-state index in [1.54, 1.807) is 0 Å². The molecule has 0 aliphatic rings. The SMILES string of the molecule is CC/C=C\C/C=C\C/C=C\C/C=C\C/C=C\C/C=C\CCCCCCCCCCC(=O)OCC(COC(=O)CCCCCCC/C=C\CCCCC)OC(=O)CCCCCCCC/C=C\C/C=C\C/C=C\C/C=C\CC. The molecule has 0 aromatic heterocycles. The number of carbonyl (C=O) groups excluding carboxylic acids is 3. The molecule has 0 saturated heterocycles. The van der Waals surface area contributed by atoms with Gasteiger partial charge in [0.15, 0.2) is 6.10 Å². The van der Waals surface area contributed by atoms with Crippen LogP contribution < -0.4 is 0 Å². The molecular formula is C70H114O6. The van der Waals surface area contributed by atoms with Crippen molar-refractivity contribution in [3.63, 3.8) is 0 Å². The maximum atomic E-state index is 12.9. The Bertz CT molecular complexity index is 1630. The minimum Gasteiger partial charge on any atom is -0.462 e. The fraction of sp³-hybridized carbons (Fsp3) is 0.643. The second kappa shape index (κ2) is 63.1. The predicted molar refractivity (Wildman–Crippen MR) is 329 cm³/mol. The number of allylic oxidation sites excluding steroid dienone is 22. The quantitative estimate of drug-likeness (QED) is 0.0261. The van der Waals surface area contributed by atoms with Crippen molar-refractivity contribution >= 4 is 17.9 Å². The van der Waals surface area contributed by atoms with Crippen LogP contribution in [0.3, 0.4) is 0 Å². The van der Waals surface area contributed by atoms with Gasteiger partial charge in [-0.2, -0.15) is 0 Å². The highest BCUT2D eigenvalue weighted by Crippen LogP contribution is 2.15. The lowest BCUT2D eigenvalue weighted by molar-refractivity contribution is -0.167. The standard InChI is InChI=1S/C70H114O6/c1-4-7-10-13-16-19-22-25-27-29-31-32-33-34-35-36-37-38-40-41-43-45-48-51-54-57-60-63-69(72)75-66-67(65-74-68(71)62-59-56-53-50-47-24-21-18-15-12-9-6-3)76-70(73)64-61-58-55-52-49-46-44-42-39-30-28-26-23-20-17-14-11-8-5-2/h7-8,10-11,16-21,25-28,31-32,34-35,37-39,42,67H,4-6,9,12-15,22-24,29-30,33,36,40-41,43-66H2,1-3H3/b10-7-,11-8-,19-16-,20-17-,21-18-,27-25-,28-26-,32-31-,35-34-,38-37-,42-39-. The lowest BCUT2D eigenvalue weighted by Crippen LogP contribution is -2.30. The van der Waals surface area contributed by atoms with Gasteiger partial charge in [0, 0.05) is 19.3 Å². The van der Waals surface area contributed by atoms with Crippen LogP contribution >= 0.6 is 0 Å². The van der Waals surface area contributed by atoms with Gasteiger partial charge in [-0.05, 0) is 135 Å². The Morgan fingerprint density at radius 1 is 0.276 bits per heavy atom. The number of esters is 3. The Morgan fingerprint density at radius 2 is 0.513 bits per heavy atom. The maximum Gasteiger partial charge on any atom is 0.306 e. The largest absolute Gasteiger partial charge is 0.462 e. The van der Waals surface area contributed by atoms with Gasteiger partial charge in [-0.1, -0.05) is 251 Å². The third-order valence-corrected chi connectivity index (χ3v) is 12.9. The summed E-state index contributed by atoms with van der Waals surface area (Å²) in [6.45, 7) is 6.37. The molecule has 0 aromatic carbocycles. The number of hydrogen-bond acceptors (Lipinski definition) is 6. The molecule has 0 aromatic rings. The number of hydrogen-bond donors (Lipinski definition) is 0. The van der Waals surface area contributed by atoms with E-state index < -0.39 is 6.10 Å². The second-order valence-electron chi connectivity index (χ2n) is 20.2. The molecule has 0 radical (unpaired) electrons. The van der Waals surface area contributed by atoms with Crippen molar-refractivity contribution in [1.82, 2.24) is 0 Å². The van der Waals surface area contributed by atoms with Crippen LogP contribution in [-0.2, 0) is 28.6 Å². The molecule has 0 aliphatic heterocycles. The lowest BCUT2D eigenvalue weighted by atomic mass is 10.1. The van der Waals surface area contributed by atoms with Gasteiger partial charge in [-0.3, -0.25) is 14.4 Å². The number of carbonyl (C=O) groups is 3. The van der Waals surface area contributed by atoms with Crippen LogP contribution in [0.5, 0.6) is 0 Å². The Labute approximate surface area is 468 Å². The average molecular weight is 1050 g/mol. The minimum absolute atomic E-state index is 0.0941. The first kappa shape index (κ1) is 71.5. The first-order valence-corrected chi connectivity index (χ1v) is 31.2. The van der Waals surface area contributed by atoms with Gasteiger partial charge in [-0.25, -0.2) is 0 Å². The van der Waals surface area contributed by atoms with Crippen LogP contribution in [0.15, 0.2) is 134 Å². The van der Waals surface area contributed by atoms with E-state index in [-0.39, 0.29) is 31.1 Å². The van der Waals surface area contributed by atoms with E-state index in [2.05, 4.69) is 154 Å². The molecule has 0 fully saturated rings. The molecule has 0 heterocycles. The van der Waals surface area contributed by atoms with Crippen molar-refractivity contribution in [2.24, 2.45) is 0 Å². The van der Waals surface area contributed by atoms with Gasteiger partial charge in [0.25, 0.3) is 0 Å². The number of ether oxygens (including phenoxy) is 3. The van der Waals surface area contributed by atoms with Crippen molar-refractivity contribution in [1.29, 1.82) is 0 Å². The molecule has 6 heteroatoms. The zero-order valence-corrected chi connectivity index (χ0v) is 49.2. The van der Waals surface area contributed by atoms with E-state index in [1.165, 1.54) is 77.0 Å². The van der Waals surface area contributed by atoms with Gasteiger partial charge in [0.05, 0.1) is 0 Å². The third kappa shape index (κ3) is 60.4. The van der Waals surface area contributed by atoms with Crippen molar-refractivity contribution < 1.29 is 28.6 Å². The molecule has 0 amide bonds. The van der Waals surface area contributed by atoms with Crippen molar-refractivity contribution in [3.8, 4) is 0 Å². The second-order valence-corrected chi connectivity index (χ2v) is 20.2. The summed E-state index contributed by atoms with van der Waals surface area (Å²) < 4.78 is 16.9. The molecule has 430 valence electrons. The Morgan fingerprint density at radius 3 is 0.816 bits per heavy atom. The maximum absolute atomic E-state index is 12.9. The predicted octanol–water partition coefficient (Wildman–Crippen LogP) is 21.4. The average Bonchev–Trinajstić information content (AvgIpc) is 3.42. The molecule has 0 saturated carbocycles. The Kier molecular flexibility index (Phi) is 59.4. The molecule has 1 unspecified atom stereocenters. The summed E-state index contributed by atoms with van der Waals surface area (Å²) in [5, 5.41) is 0. The Hall–Kier alpha value is -4.45. The lowest BCUT2D eigenvalue weighted by Gasteiger charge is -2.18. The first-order valence-electron chi connectivity index (χ1n) is 31.2. The van der Waals surface area contributed by atoms with Gasteiger partial charge in [-0.15, -0.1) is 0 Å². The smallest absolute Gasteiger partial charge is 0.306 e. The summed E-state index contributed by atoms with van der Waals surface area (Å²) in [4.78, 5) is 38.3. The molecule has 6 nitrogen and oxygen atoms in total. The van der Waals surface area contributed by atoms with Gasteiger partial charge in [0.1, 0.15) is 13.2 Å². The first-order chi connectivity index (χ1) is 37.5. The molecule has 0 aliphatic carbocycles. The molecule has 0 bridgehead atoms. The normalized spacial score (nSPS) is 13.0. The summed E-state index contributed by atoms with van der Waals surface area (Å²) in [6, 6.07) is 0. The van der Waals surface area contributed by atoms with Crippen LogP contribution in [-0.4, -0.2) is 37.2 Å². The topological polar surface area (TPSA) is 78.9 Å². The van der Waals surface area contributed by atoms with Crippen molar-refractivity contribution in [2.75, 3.05) is 13.2 Å².